The van der Waals surface area contributed by atoms with E-state index in [2.05, 4.69) is 4.98 Å². The Hall–Kier alpha value is -4.13. The Balaban J connectivity index is 1.87. The van der Waals surface area contributed by atoms with E-state index in [1.165, 1.54) is 4.90 Å². The number of aryl methyl sites for hydroxylation is 1. The van der Waals surface area contributed by atoms with Crippen LogP contribution in [0.25, 0.3) is 5.76 Å². The number of amides is 1. The quantitative estimate of drug-likeness (QED) is 0.341. The lowest BCUT2D eigenvalue weighted by atomic mass is 9.93. The van der Waals surface area contributed by atoms with E-state index in [9.17, 15) is 14.7 Å². The van der Waals surface area contributed by atoms with Crippen molar-refractivity contribution in [2.24, 2.45) is 0 Å². The molecule has 0 radical (unpaired) electrons. The van der Waals surface area contributed by atoms with Gasteiger partial charge in [-0.2, -0.15) is 0 Å². The smallest absolute Gasteiger partial charge is 0.295 e. The molecule has 2 heterocycles. The zero-order valence-corrected chi connectivity index (χ0v) is 19.6. The Morgan fingerprint density at radius 3 is 2.44 bits per heavy atom. The van der Waals surface area contributed by atoms with Gasteiger partial charge in [0.2, 0.25) is 0 Å². The van der Waals surface area contributed by atoms with E-state index >= 15 is 0 Å². The Morgan fingerprint density at radius 1 is 1.12 bits per heavy atom. The van der Waals surface area contributed by atoms with E-state index in [4.69, 9.17) is 4.74 Å². The van der Waals surface area contributed by atoms with Gasteiger partial charge in [0.15, 0.2) is 0 Å². The molecule has 7 nitrogen and oxygen atoms in total. The Morgan fingerprint density at radius 2 is 1.85 bits per heavy atom. The number of carbonyl (C=O) groups is 2. The summed E-state index contributed by atoms with van der Waals surface area (Å²) >= 11 is 0. The van der Waals surface area contributed by atoms with Crippen LogP contribution in [0.5, 0.6) is 5.75 Å². The van der Waals surface area contributed by atoms with E-state index in [0.717, 1.165) is 22.4 Å². The summed E-state index contributed by atoms with van der Waals surface area (Å²) in [6, 6.07) is 15.7. The molecular formula is C27H27N3O4. The van der Waals surface area contributed by atoms with Crippen LogP contribution in [0.1, 0.15) is 28.3 Å². The van der Waals surface area contributed by atoms with Crippen molar-refractivity contribution in [3.05, 3.63) is 94.8 Å². The van der Waals surface area contributed by atoms with Crippen molar-refractivity contribution in [2.75, 3.05) is 26.1 Å². The van der Waals surface area contributed by atoms with Crippen LogP contribution in [0.4, 0.5) is 5.69 Å². The van der Waals surface area contributed by atoms with Gasteiger partial charge in [-0.1, -0.05) is 18.2 Å². The minimum absolute atomic E-state index is 0.0692. The standard InChI is InChI=1S/C27H27N3O4/c1-17-14-21(34-4)11-12-22(17)25(31)23-24(19-7-9-20(10-8-19)29(2)3)30(27(33)26(23)32)16-18-6-5-13-28-15-18/h5-15,24,31H,16H2,1-4H3/b25-23-. The summed E-state index contributed by atoms with van der Waals surface area (Å²) in [6.45, 7) is 2.01. The molecule has 1 aliphatic rings. The molecule has 1 fully saturated rings. The fourth-order valence-corrected chi connectivity index (χ4v) is 4.21. The number of Topliss-reactive ketones (excluding diaryl/α,β-unsaturated/α-hetero) is 1. The van der Waals surface area contributed by atoms with Gasteiger partial charge in [0, 0.05) is 44.3 Å². The molecule has 7 heteroatoms. The Labute approximate surface area is 198 Å². The third kappa shape index (κ3) is 4.24. The number of likely N-dealkylation sites (tertiary alicyclic amines) is 1. The SMILES string of the molecule is COc1ccc(/C(O)=C2/C(=O)C(=O)N(Cc3cccnc3)C2c2ccc(N(C)C)cc2)c(C)c1. The van der Waals surface area contributed by atoms with Gasteiger partial charge in [0.1, 0.15) is 11.5 Å². The number of hydrogen-bond acceptors (Lipinski definition) is 6. The number of methoxy groups -OCH3 is 1. The van der Waals surface area contributed by atoms with Crippen LogP contribution >= 0.6 is 0 Å². The molecule has 0 bridgehead atoms. The van der Waals surface area contributed by atoms with E-state index in [-0.39, 0.29) is 17.9 Å². The second-order valence-electron chi connectivity index (χ2n) is 8.46. The molecule has 34 heavy (non-hydrogen) atoms. The molecular weight excluding hydrogens is 430 g/mol. The highest BCUT2D eigenvalue weighted by atomic mass is 16.5. The first-order chi connectivity index (χ1) is 16.3. The fraction of sp³-hybridized carbons (Fsp3) is 0.222. The minimum atomic E-state index is -0.738. The van der Waals surface area contributed by atoms with Crippen LogP contribution in [0, 0.1) is 6.92 Å². The van der Waals surface area contributed by atoms with Crippen LogP contribution in [-0.2, 0) is 16.1 Å². The number of benzene rings is 2. The minimum Gasteiger partial charge on any atom is -0.507 e. The number of pyridine rings is 1. The number of aromatic nitrogens is 1. The van der Waals surface area contributed by atoms with Crippen molar-refractivity contribution < 1.29 is 19.4 Å². The van der Waals surface area contributed by atoms with Crippen molar-refractivity contribution in [2.45, 2.75) is 19.5 Å². The largest absolute Gasteiger partial charge is 0.507 e. The molecule has 1 atom stereocenters. The average Bonchev–Trinajstić information content (AvgIpc) is 3.09. The maximum absolute atomic E-state index is 13.3. The maximum atomic E-state index is 13.3. The van der Waals surface area contributed by atoms with Gasteiger partial charge < -0.3 is 19.6 Å². The van der Waals surface area contributed by atoms with E-state index < -0.39 is 17.7 Å². The summed E-state index contributed by atoms with van der Waals surface area (Å²) in [6.07, 6.45) is 3.32. The van der Waals surface area contributed by atoms with Gasteiger partial charge >= 0.3 is 0 Å². The first-order valence-corrected chi connectivity index (χ1v) is 10.9. The first kappa shape index (κ1) is 23.0. The fourth-order valence-electron chi connectivity index (χ4n) is 4.21. The highest BCUT2D eigenvalue weighted by Crippen LogP contribution is 2.41. The van der Waals surface area contributed by atoms with Crippen LogP contribution in [-0.4, -0.2) is 47.9 Å². The second-order valence-corrected chi connectivity index (χ2v) is 8.46. The molecule has 1 saturated heterocycles. The third-order valence-electron chi connectivity index (χ3n) is 6.03. The van der Waals surface area contributed by atoms with Crippen LogP contribution in [0.3, 0.4) is 0 Å². The molecule has 4 rings (SSSR count). The lowest BCUT2D eigenvalue weighted by Crippen LogP contribution is -2.29. The summed E-state index contributed by atoms with van der Waals surface area (Å²) in [4.78, 5) is 34.0. The zero-order valence-electron chi connectivity index (χ0n) is 19.6. The Kier molecular flexibility index (Phi) is 6.36. The lowest BCUT2D eigenvalue weighted by Gasteiger charge is -2.26. The number of aliphatic hydroxyl groups is 1. The molecule has 1 amide bonds. The molecule has 174 valence electrons. The summed E-state index contributed by atoms with van der Waals surface area (Å²) < 4.78 is 5.26. The number of ether oxygens (including phenoxy) is 1. The maximum Gasteiger partial charge on any atom is 0.295 e. The van der Waals surface area contributed by atoms with Gasteiger partial charge in [0.05, 0.1) is 18.7 Å². The first-order valence-electron chi connectivity index (χ1n) is 10.9. The van der Waals surface area contributed by atoms with Crippen LogP contribution in [0.2, 0.25) is 0 Å². The summed E-state index contributed by atoms with van der Waals surface area (Å²) in [7, 11) is 5.45. The predicted octanol–water partition coefficient (Wildman–Crippen LogP) is 4.09. The number of rotatable bonds is 6. The normalized spacial score (nSPS) is 17.2. The van der Waals surface area contributed by atoms with E-state index in [1.807, 2.05) is 56.3 Å². The number of ketones is 1. The van der Waals surface area contributed by atoms with Crippen molar-refractivity contribution in [1.82, 2.24) is 9.88 Å². The Bertz CT molecular complexity index is 1250. The topological polar surface area (TPSA) is 83.0 Å². The number of hydrogen-bond donors (Lipinski definition) is 1. The van der Waals surface area contributed by atoms with Crippen molar-refractivity contribution in [1.29, 1.82) is 0 Å². The molecule has 1 unspecified atom stereocenters. The monoisotopic (exact) mass is 457 g/mol. The van der Waals surface area contributed by atoms with Gasteiger partial charge in [-0.3, -0.25) is 14.6 Å². The molecule has 3 aromatic rings. The third-order valence-corrected chi connectivity index (χ3v) is 6.03. The highest BCUT2D eigenvalue weighted by molar-refractivity contribution is 6.46. The molecule has 0 aliphatic carbocycles. The predicted molar refractivity (Wildman–Crippen MR) is 131 cm³/mol. The summed E-state index contributed by atoms with van der Waals surface area (Å²) in [5.41, 5.74) is 3.80. The molecule has 0 saturated carbocycles. The van der Waals surface area contributed by atoms with Crippen molar-refractivity contribution in [3.63, 3.8) is 0 Å². The molecule has 1 aromatic heterocycles. The second kappa shape index (κ2) is 9.39. The average molecular weight is 458 g/mol. The number of nitrogens with zero attached hydrogens (tertiary/aromatic N) is 3. The van der Waals surface area contributed by atoms with Crippen molar-refractivity contribution >= 4 is 23.1 Å². The van der Waals surface area contributed by atoms with E-state index in [1.54, 1.807) is 43.8 Å². The van der Waals surface area contributed by atoms with Crippen LogP contribution in [0.15, 0.2) is 72.6 Å². The van der Waals surface area contributed by atoms with E-state index in [0.29, 0.717) is 11.3 Å². The van der Waals surface area contributed by atoms with Gasteiger partial charge in [0.25, 0.3) is 11.7 Å². The lowest BCUT2D eigenvalue weighted by molar-refractivity contribution is -0.140. The molecule has 1 aliphatic heterocycles. The zero-order chi connectivity index (χ0) is 24.4. The van der Waals surface area contributed by atoms with Gasteiger partial charge in [-0.25, -0.2) is 0 Å². The van der Waals surface area contributed by atoms with Crippen LogP contribution < -0.4 is 9.64 Å². The molecule has 0 spiro atoms. The van der Waals surface area contributed by atoms with Gasteiger partial charge in [-0.15, -0.1) is 0 Å². The number of carbonyl (C=O) groups excluding carboxylic acids is 2. The molecule has 2 aromatic carbocycles. The summed E-state index contributed by atoms with van der Waals surface area (Å²) in [5.74, 6) is -0.924. The van der Waals surface area contributed by atoms with Crippen molar-refractivity contribution in [3.8, 4) is 5.75 Å². The molecule has 1 N–H and O–H groups in total. The summed E-state index contributed by atoms with van der Waals surface area (Å²) in [5, 5.41) is 11.3. The number of aliphatic hydroxyl groups excluding tert-OH is 1. The highest BCUT2D eigenvalue weighted by Gasteiger charge is 2.46. The van der Waals surface area contributed by atoms with Gasteiger partial charge in [-0.05, 0) is 60.0 Å². The number of anilines is 1.